The zero-order valence-corrected chi connectivity index (χ0v) is 17.4. The fourth-order valence-electron chi connectivity index (χ4n) is 2.87. The quantitative estimate of drug-likeness (QED) is 0.432. The van der Waals surface area contributed by atoms with Gasteiger partial charge in [0.25, 0.3) is 5.91 Å². The Morgan fingerprint density at radius 3 is 2.55 bits per heavy atom. The second-order valence-corrected chi connectivity index (χ2v) is 7.24. The first-order chi connectivity index (χ1) is 15.1. The highest BCUT2D eigenvalue weighted by molar-refractivity contribution is 7.18. The highest BCUT2D eigenvalue weighted by Crippen LogP contribution is 2.34. The fraction of sp³-hybridized carbons (Fsp3) is 0.0909. The van der Waals surface area contributed by atoms with Gasteiger partial charge in [-0.15, -0.1) is 0 Å². The number of hydrogen-bond acceptors (Lipinski definition) is 8. The van der Waals surface area contributed by atoms with Crippen molar-refractivity contribution in [2.24, 2.45) is 0 Å². The van der Waals surface area contributed by atoms with Crippen molar-refractivity contribution in [3.8, 4) is 23.0 Å². The lowest BCUT2D eigenvalue weighted by Gasteiger charge is -2.09. The number of thiazole rings is 1. The van der Waals surface area contributed by atoms with E-state index < -0.39 is 5.91 Å². The Kier molecular flexibility index (Phi) is 5.76. The van der Waals surface area contributed by atoms with Gasteiger partial charge in [-0.1, -0.05) is 17.4 Å². The summed E-state index contributed by atoms with van der Waals surface area (Å²) in [6.45, 7) is 0. The minimum absolute atomic E-state index is 0.255. The van der Waals surface area contributed by atoms with Crippen LogP contribution in [0.2, 0.25) is 0 Å². The smallest absolute Gasteiger partial charge is 0.257 e. The highest BCUT2D eigenvalue weighted by atomic mass is 32.1. The third-order valence-corrected chi connectivity index (χ3v) is 5.32. The Morgan fingerprint density at radius 2 is 1.87 bits per heavy atom. The number of aromatic nitrogens is 2. The van der Waals surface area contributed by atoms with Crippen molar-refractivity contribution >= 4 is 28.2 Å². The van der Waals surface area contributed by atoms with Gasteiger partial charge in [-0.05, 0) is 42.5 Å². The van der Waals surface area contributed by atoms with E-state index in [2.05, 4.69) is 15.3 Å². The van der Waals surface area contributed by atoms with Crippen molar-refractivity contribution in [1.82, 2.24) is 9.97 Å². The molecule has 31 heavy (non-hydrogen) atoms. The van der Waals surface area contributed by atoms with Gasteiger partial charge in [0.05, 0.1) is 20.5 Å². The minimum atomic E-state index is -0.405. The molecule has 0 spiro atoms. The van der Waals surface area contributed by atoms with E-state index in [1.807, 2.05) is 0 Å². The first-order valence-corrected chi connectivity index (χ1v) is 9.96. The van der Waals surface area contributed by atoms with Gasteiger partial charge in [0.2, 0.25) is 5.78 Å². The summed E-state index contributed by atoms with van der Waals surface area (Å²) in [5.41, 5.74) is 0.968. The molecule has 0 bridgehead atoms. The highest BCUT2D eigenvalue weighted by Gasteiger charge is 2.24. The van der Waals surface area contributed by atoms with Gasteiger partial charge in [-0.25, -0.2) is 4.98 Å². The molecule has 0 saturated heterocycles. The second kappa shape index (κ2) is 8.80. The van der Waals surface area contributed by atoms with Gasteiger partial charge < -0.3 is 13.9 Å². The Bertz CT molecular complexity index is 1220. The minimum Gasteiger partial charge on any atom is -0.493 e. The van der Waals surface area contributed by atoms with Crippen molar-refractivity contribution in [2.75, 3.05) is 19.5 Å². The average Bonchev–Trinajstić information content (AvgIpc) is 3.48. The third kappa shape index (κ3) is 4.17. The lowest BCUT2D eigenvalue weighted by molar-refractivity contribution is 0.102. The van der Waals surface area contributed by atoms with Gasteiger partial charge in [-0.3, -0.25) is 19.9 Å². The molecule has 1 N–H and O–H groups in total. The van der Waals surface area contributed by atoms with Crippen LogP contribution < -0.4 is 14.8 Å². The number of ketones is 1. The first-order valence-electron chi connectivity index (χ1n) is 9.14. The number of carbonyl (C=O) groups excluding carboxylic acids is 2. The predicted octanol–water partition coefficient (Wildman–Crippen LogP) is 4.30. The van der Waals surface area contributed by atoms with Crippen LogP contribution in [0.15, 0.2) is 65.4 Å². The van der Waals surface area contributed by atoms with E-state index in [0.29, 0.717) is 33.4 Å². The molecule has 8 nitrogen and oxygen atoms in total. The number of nitrogens with zero attached hydrogens (tertiary/aromatic N) is 2. The van der Waals surface area contributed by atoms with E-state index in [1.165, 1.54) is 20.5 Å². The van der Waals surface area contributed by atoms with Gasteiger partial charge in [-0.2, -0.15) is 0 Å². The molecule has 9 heteroatoms. The summed E-state index contributed by atoms with van der Waals surface area (Å²) in [5, 5.41) is 2.99. The van der Waals surface area contributed by atoms with Crippen LogP contribution in [0.3, 0.4) is 0 Å². The molecule has 0 aliphatic rings. The Labute approximate surface area is 181 Å². The first kappa shape index (κ1) is 20.3. The zero-order chi connectivity index (χ0) is 21.8. The summed E-state index contributed by atoms with van der Waals surface area (Å²) in [7, 11) is 3.01. The van der Waals surface area contributed by atoms with Gasteiger partial charge in [0, 0.05) is 11.8 Å². The number of anilines is 1. The number of methoxy groups -OCH3 is 2. The predicted molar refractivity (Wildman–Crippen MR) is 115 cm³/mol. The third-order valence-electron chi connectivity index (χ3n) is 4.35. The van der Waals surface area contributed by atoms with Gasteiger partial charge in [0.15, 0.2) is 22.4 Å². The van der Waals surface area contributed by atoms with Crippen LogP contribution in [0.25, 0.3) is 11.5 Å². The van der Waals surface area contributed by atoms with Crippen LogP contribution in [0.1, 0.15) is 25.7 Å². The zero-order valence-electron chi connectivity index (χ0n) is 16.6. The average molecular weight is 435 g/mol. The van der Waals surface area contributed by atoms with Gasteiger partial charge in [0.1, 0.15) is 16.3 Å². The Hall–Kier alpha value is -3.98. The van der Waals surface area contributed by atoms with Crippen molar-refractivity contribution in [2.45, 2.75) is 0 Å². The number of hydrogen-bond donors (Lipinski definition) is 1. The van der Waals surface area contributed by atoms with Crippen molar-refractivity contribution in [3.05, 3.63) is 77.1 Å². The second-order valence-electron chi connectivity index (χ2n) is 6.24. The Balaban J connectivity index is 1.67. The maximum Gasteiger partial charge on any atom is 0.257 e. The fourth-order valence-corrected chi connectivity index (χ4v) is 3.78. The molecular formula is C22H17N3O5S. The number of furan rings is 1. The SMILES string of the molecule is COc1ccc(C(=O)Nc2nc(-c3ccco3)c(C(=O)c3ccccn3)s2)cc1OC. The van der Waals surface area contributed by atoms with E-state index >= 15 is 0 Å². The summed E-state index contributed by atoms with van der Waals surface area (Å²) in [6, 6.07) is 13.3. The van der Waals surface area contributed by atoms with E-state index in [4.69, 9.17) is 13.9 Å². The number of benzene rings is 1. The molecule has 0 atom stereocenters. The summed E-state index contributed by atoms with van der Waals surface area (Å²) < 4.78 is 15.9. The number of ether oxygens (including phenoxy) is 2. The largest absolute Gasteiger partial charge is 0.493 e. The topological polar surface area (TPSA) is 104 Å². The van der Waals surface area contributed by atoms with Crippen LogP contribution in [0, 0.1) is 0 Å². The number of nitrogens with one attached hydrogen (secondary N) is 1. The molecule has 0 radical (unpaired) electrons. The number of pyridine rings is 1. The molecule has 1 aromatic carbocycles. The molecule has 0 saturated carbocycles. The van der Waals surface area contributed by atoms with Crippen molar-refractivity contribution in [1.29, 1.82) is 0 Å². The molecule has 0 unspecified atom stereocenters. The van der Waals surface area contributed by atoms with Crippen LogP contribution in [-0.2, 0) is 0 Å². The van der Waals surface area contributed by atoms with Crippen LogP contribution in [0.4, 0.5) is 5.13 Å². The molecule has 0 aliphatic carbocycles. The summed E-state index contributed by atoms with van der Waals surface area (Å²) >= 11 is 1.05. The lowest BCUT2D eigenvalue weighted by Crippen LogP contribution is -2.11. The summed E-state index contributed by atoms with van der Waals surface area (Å²) in [6.07, 6.45) is 3.03. The monoisotopic (exact) mass is 435 g/mol. The standard InChI is InChI=1S/C22H17N3O5S/c1-28-15-9-8-13(12-17(15)29-2)21(27)25-22-24-18(16-7-5-11-30-16)20(31-22)19(26)14-6-3-4-10-23-14/h3-12H,1-2H3,(H,24,25,27). The number of rotatable bonds is 7. The van der Waals surface area contributed by atoms with Crippen LogP contribution in [0.5, 0.6) is 11.5 Å². The number of carbonyl (C=O) groups is 2. The molecule has 4 aromatic rings. The van der Waals surface area contributed by atoms with Crippen molar-refractivity contribution < 1.29 is 23.5 Å². The molecule has 3 heterocycles. The van der Waals surface area contributed by atoms with E-state index in [0.717, 1.165) is 11.3 Å². The van der Waals surface area contributed by atoms with Crippen LogP contribution >= 0.6 is 11.3 Å². The number of amides is 1. The maximum absolute atomic E-state index is 13.0. The van der Waals surface area contributed by atoms with Gasteiger partial charge >= 0.3 is 0 Å². The van der Waals surface area contributed by atoms with Crippen LogP contribution in [-0.4, -0.2) is 35.9 Å². The normalized spacial score (nSPS) is 10.5. The molecule has 3 aromatic heterocycles. The molecule has 1 amide bonds. The van der Waals surface area contributed by atoms with Crippen molar-refractivity contribution in [3.63, 3.8) is 0 Å². The van der Waals surface area contributed by atoms with E-state index in [-0.39, 0.29) is 16.6 Å². The van der Waals surface area contributed by atoms with E-state index in [1.54, 1.807) is 54.7 Å². The Morgan fingerprint density at radius 1 is 1.03 bits per heavy atom. The molecule has 156 valence electrons. The summed E-state index contributed by atoms with van der Waals surface area (Å²) in [5.74, 6) is 0.643. The molecule has 0 fully saturated rings. The summed E-state index contributed by atoms with van der Waals surface area (Å²) in [4.78, 5) is 34.6. The lowest BCUT2D eigenvalue weighted by atomic mass is 10.1. The molecule has 4 rings (SSSR count). The maximum atomic E-state index is 13.0. The molecule has 0 aliphatic heterocycles. The molecular weight excluding hydrogens is 418 g/mol. The van der Waals surface area contributed by atoms with E-state index in [9.17, 15) is 9.59 Å².